The average Bonchev–Trinajstić information content (AvgIpc) is 2.70. The molecule has 0 saturated carbocycles. The number of aryl methyl sites for hydroxylation is 2. The highest BCUT2D eigenvalue weighted by atomic mass is 16.6. The second-order valence-electron chi connectivity index (χ2n) is 4.28. The zero-order valence-corrected chi connectivity index (χ0v) is 9.36. The van der Waals surface area contributed by atoms with E-state index >= 15 is 0 Å². The van der Waals surface area contributed by atoms with Gasteiger partial charge in [-0.1, -0.05) is 12.1 Å². The van der Waals surface area contributed by atoms with Gasteiger partial charge in [-0.2, -0.15) is 0 Å². The molecule has 0 spiro atoms. The molecule has 0 amide bonds. The molecule has 1 aromatic carbocycles. The molecular formula is C12H18N2O. The van der Waals surface area contributed by atoms with Gasteiger partial charge in [0.05, 0.1) is 6.10 Å². The fourth-order valence-corrected chi connectivity index (χ4v) is 2.12. The van der Waals surface area contributed by atoms with Crippen LogP contribution in [0.5, 0.6) is 0 Å². The molecule has 0 radical (unpaired) electrons. The van der Waals surface area contributed by atoms with E-state index in [9.17, 15) is 0 Å². The van der Waals surface area contributed by atoms with Crippen molar-refractivity contribution >= 4 is 5.69 Å². The first-order valence-corrected chi connectivity index (χ1v) is 5.38. The third-order valence-electron chi connectivity index (χ3n) is 3.04. The summed E-state index contributed by atoms with van der Waals surface area (Å²) in [7, 11) is 0. The van der Waals surface area contributed by atoms with Crippen molar-refractivity contribution < 1.29 is 4.84 Å². The SMILES string of the molecule is Cc1ccc(C)c(N2CCC(ON)C2)c1. The number of hydrogen-bond acceptors (Lipinski definition) is 3. The van der Waals surface area contributed by atoms with Crippen LogP contribution in [-0.2, 0) is 4.84 Å². The lowest BCUT2D eigenvalue weighted by Crippen LogP contribution is -2.25. The van der Waals surface area contributed by atoms with Crippen LogP contribution in [0.1, 0.15) is 17.5 Å². The lowest BCUT2D eigenvalue weighted by molar-refractivity contribution is 0.0690. The Morgan fingerprint density at radius 3 is 2.87 bits per heavy atom. The average molecular weight is 206 g/mol. The normalized spacial score (nSPS) is 21.0. The minimum Gasteiger partial charge on any atom is -0.369 e. The van der Waals surface area contributed by atoms with Crippen molar-refractivity contribution in [2.45, 2.75) is 26.4 Å². The Morgan fingerprint density at radius 1 is 1.40 bits per heavy atom. The van der Waals surface area contributed by atoms with E-state index in [1.165, 1.54) is 16.8 Å². The summed E-state index contributed by atoms with van der Waals surface area (Å²) in [5.74, 6) is 5.22. The summed E-state index contributed by atoms with van der Waals surface area (Å²) < 4.78 is 0. The van der Waals surface area contributed by atoms with Gasteiger partial charge in [0.1, 0.15) is 0 Å². The topological polar surface area (TPSA) is 38.5 Å². The number of anilines is 1. The molecule has 1 heterocycles. The molecule has 82 valence electrons. The zero-order valence-electron chi connectivity index (χ0n) is 9.36. The molecule has 1 unspecified atom stereocenters. The Balaban J connectivity index is 2.19. The van der Waals surface area contributed by atoms with Crippen LogP contribution >= 0.6 is 0 Å². The second-order valence-corrected chi connectivity index (χ2v) is 4.28. The second kappa shape index (κ2) is 4.21. The molecule has 0 aromatic heterocycles. The summed E-state index contributed by atoms with van der Waals surface area (Å²) in [5.41, 5.74) is 3.93. The van der Waals surface area contributed by atoms with E-state index in [2.05, 4.69) is 36.9 Å². The summed E-state index contributed by atoms with van der Waals surface area (Å²) in [6.07, 6.45) is 1.20. The fourth-order valence-electron chi connectivity index (χ4n) is 2.12. The molecule has 0 bridgehead atoms. The summed E-state index contributed by atoms with van der Waals surface area (Å²) >= 11 is 0. The van der Waals surface area contributed by atoms with Crippen molar-refractivity contribution in [2.75, 3.05) is 18.0 Å². The van der Waals surface area contributed by atoms with Gasteiger partial charge in [-0.25, -0.2) is 5.90 Å². The number of hydrogen-bond donors (Lipinski definition) is 1. The molecule has 1 atom stereocenters. The van der Waals surface area contributed by atoms with Crippen molar-refractivity contribution in [1.29, 1.82) is 0 Å². The first-order valence-electron chi connectivity index (χ1n) is 5.38. The fraction of sp³-hybridized carbons (Fsp3) is 0.500. The smallest absolute Gasteiger partial charge is 0.0978 e. The summed E-state index contributed by atoms with van der Waals surface area (Å²) in [6, 6.07) is 6.54. The van der Waals surface area contributed by atoms with Crippen LogP contribution in [0.3, 0.4) is 0 Å². The first-order chi connectivity index (χ1) is 7.20. The van der Waals surface area contributed by atoms with E-state index in [1.807, 2.05) is 0 Å². The lowest BCUT2D eigenvalue weighted by Gasteiger charge is -2.21. The van der Waals surface area contributed by atoms with Gasteiger partial charge in [0, 0.05) is 18.8 Å². The van der Waals surface area contributed by atoms with Gasteiger partial charge < -0.3 is 4.90 Å². The Hall–Kier alpha value is -1.06. The maximum absolute atomic E-state index is 5.22. The molecule has 3 heteroatoms. The van der Waals surface area contributed by atoms with Crippen molar-refractivity contribution in [3.8, 4) is 0 Å². The van der Waals surface area contributed by atoms with Crippen molar-refractivity contribution in [3.05, 3.63) is 29.3 Å². The highest BCUT2D eigenvalue weighted by molar-refractivity contribution is 5.55. The number of nitrogens with two attached hydrogens (primary N) is 1. The van der Waals surface area contributed by atoms with E-state index in [0.29, 0.717) is 0 Å². The van der Waals surface area contributed by atoms with E-state index in [4.69, 9.17) is 10.7 Å². The van der Waals surface area contributed by atoms with E-state index < -0.39 is 0 Å². The minimum absolute atomic E-state index is 0.185. The van der Waals surface area contributed by atoms with Crippen molar-refractivity contribution in [2.24, 2.45) is 5.90 Å². The largest absolute Gasteiger partial charge is 0.369 e. The van der Waals surface area contributed by atoms with Crippen molar-refractivity contribution in [3.63, 3.8) is 0 Å². The first kappa shape index (κ1) is 10.5. The highest BCUT2D eigenvalue weighted by Crippen LogP contribution is 2.25. The molecule has 1 aliphatic heterocycles. The van der Waals surface area contributed by atoms with Crippen molar-refractivity contribution in [1.82, 2.24) is 0 Å². The molecule has 1 aromatic rings. The van der Waals surface area contributed by atoms with Crippen LogP contribution < -0.4 is 10.8 Å². The van der Waals surface area contributed by atoms with Gasteiger partial charge in [-0.15, -0.1) is 0 Å². The quantitative estimate of drug-likeness (QED) is 0.749. The van der Waals surface area contributed by atoms with E-state index in [-0.39, 0.29) is 6.10 Å². The molecule has 3 nitrogen and oxygen atoms in total. The number of benzene rings is 1. The van der Waals surface area contributed by atoms with Gasteiger partial charge in [-0.3, -0.25) is 4.84 Å². The number of nitrogens with zero attached hydrogens (tertiary/aromatic N) is 1. The third-order valence-corrected chi connectivity index (χ3v) is 3.04. The molecule has 2 rings (SSSR count). The summed E-state index contributed by atoms with van der Waals surface area (Å²) in [4.78, 5) is 7.24. The van der Waals surface area contributed by atoms with E-state index in [1.54, 1.807) is 0 Å². The van der Waals surface area contributed by atoms with Crippen LogP contribution in [0.15, 0.2) is 18.2 Å². The standard InChI is InChI=1S/C12H18N2O/c1-9-3-4-10(2)12(7-9)14-6-5-11(8-14)15-13/h3-4,7,11H,5-6,8,13H2,1-2H3. The Kier molecular flexibility index (Phi) is 2.93. The zero-order chi connectivity index (χ0) is 10.8. The molecule has 1 aliphatic rings. The summed E-state index contributed by atoms with van der Waals surface area (Å²) in [5, 5.41) is 0. The lowest BCUT2D eigenvalue weighted by atomic mass is 10.1. The highest BCUT2D eigenvalue weighted by Gasteiger charge is 2.23. The molecule has 0 aliphatic carbocycles. The predicted molar refractivity (Wildman–Crippen MR) is 61.8 cm³/mol. The third kappa shape index (κ3) is 2.13. The van der Waals surface area contributed by atoms with Crippen LogP contribution in [0.2, 0.25) is 0 Å². The van der Waals surface area contributed by atoms with Gasteiger partial charge in [0.25, 0.3) is 0 Å². The maximum Gasteiger partial charge on any atom is 0.0978 e. The molecular weight excluding hydrogens is 188 g/mol. The van der Waals surface area contributed by atoms with Gasteiger partial charge in [0.15, 0.2) is 0 Å². The van der Waals surface area contributed by atoms with Crippen LogP contribution in [0.4, 0.5) is 5.69 Å². The summed E-state index contributed by atoms with van der Waals surface area (Å²) in [6.45, 7) is 6.20. The molecule has 15 heavy (non-hydrogen) atoms. The Morgan fingerprint density at radius 2 is 2.20 bits per heavy atom. The minimum atomic E-state index is 0.185. The Labute approximate surface area is 90.8 Å². The van der Waals surface area contributed by atoms with Crippen LogP contribution in [-0.4, -0.2) is 19.2 Å². The predicted octanol–water partition coefficient (Wildman–Crippen LogP) is 1.77. The number of rotatable bonds is 2. The molecule has 2 N–H and O–H groups in total. The van der Waals surface area contributed by atoms with Gasteiger partial charge in [-0.05, 0) is 37.5 Å². The molecule has 1 fully saturated rings. The molecule has 1 saturated heterocycles. The maximum atomic E-state index is 5.22. The monoisotopic (exact) mass is 206 g/mol. The van der Waals surface area contributed by atoms with Crippen LogP contribution in [0.25, 0.3) is 0 Å². The van der Waals surface area contributed by atoms with Crippen LogP contribution in [0, 0.1) is 13.8 Å². The Bertz CT molecular complexity index is 351. The van der Waals surface area contributed by atoms with E-state index in [0.717, 1.165) is 19.5 Å². The van der Waals surface area contributed by atoms with Gasteiger partial charge >= 0.3 is 0 Å². The van der Waals surface area contributed by atoms with Gasteiger partial charge in [0.2, 0.25) is 0 Å².